The lowest BCUT2D eigenvalue weighted by Crippen LogP contribution is -2.46. The zero-order valence-corrected chi connectivity index (χ0v) is 15.9. The highest BCUT2D eigenvalue weighted by Gasteiger charge is 2.16. The van der Waals surface area contributed by atoms with E-state index in [0.29, 0.717) is 26.2 Å². The van der Waals surface area contributed by atoms with E-state index >= 15 is 0 Å². The second-order valence-electron chi connectivity index (χ2n) is 5.78. The highest BCUT2D eigenvalue weighted by Crippen LogP contribution is 2.00. The number of hydrogen-bond acceptors (Lipinski definition) is 10. The Labute approximate surface area is 160 Å². The van der Waals surface area contributed by atoms with Crippen LogP contribution in [0.15, 0.2) is 24.4 Å². The van der Waals surface area contributed by atoms with Gasteiger partial charge in [0.25, 0.3) is 0 Å². The van der Waals surface area contributed by atoms with Crippen LogP contribution in [0.5, 0.6) is 0 Å². The van der Waals surface area contributed by atoms with Gasteiger partial charge in [-0.2, -0.15) is 0 Å². The van der Waals surface area contributed by atoms with Crippen LogP contribution in [-0.4, -0.2) is 74.9 Å². The first-order chi connectivity index (χ1) is 13.3. The largest absolute Gasteiger partial charge is 0.455 e. The molecule has 6 N–H and O–H groups in total. The normalized spacial score (nSPS) is 12.1. The van der Waals surface area contributed by atoms with Crippen LogP contribution in [0.4, 0.5) is 0 Å². The van der Waals surface area contributed by atoms with Crippen molar-refractivity contribution in [1.82, 2.24) is 31.8 Å². The number of nitrogens with zero attached hydrogens (tertiary/aromatic N) is 1. The number of aromatic nitrogens is 1. The van der Waals surface area contributed by atoms with Crippen LogP contribution in [0.1, 0.15) is 23.8 Å². The van der Waals surface area contributed by atoms with Gasteiger partial charge in [-0.05, 0) is 25.1 Å². The van der Waals surface area contributed by atoms with Gasteiger partial charge in [0.15, 0.2) is 0 Å². The molecule has 1 rings (SSSR count). The number of pyridine rings is 1. The molecule has 0 bridgehead atoms. The maximum atomic E-state index is 12.2. The summed E-state index contributed by atoms with van der Waals surface area (Å²) >= 11 is 0. The minimum atomic E-state index is -0.449. The summed E-state index contributed by atoms with van der Waals surface area (Å²) < 4.78 is 5.55. The molecule has 0 saturated carbocycles. The Morgan fingerprint density at radius 3 is 2.63 bits per heavy atom. The zero-order chi connectivity index (χ0) is 19.6. The first-order valence-electron chi connectivity index (χ1n) is 9.24. The van der Waals surface area contributed by atoms with Gasteiger partial charge < -0.3 is 15.4 Å². The Kier molecular flexibility index (Phi) is 14.3. The Hall–Kier alpha value is -1.66. The van der Waals surface area contributed by atoms with Crippen molar-refractivity contribution in [1.29, 1.82) is 0 Å². The van der Waals surface area contributed by atoms with E-state index in [1.165, 1.54) is 0 Å². The number of rotatable bonds is 17. The molecule has 0 spiro atoms. The number of nitrogens with one attached hydrogen (secondary N) is 5. The van der Waals surface area contributed by atoms with E-state index in [0.717, 1.165) is 26.1 Å². The first kappa shape index (κ1) is 23.4. The molecule has 0 aliphatic carbocycles. The predicted octanol–water partition coefficient (Wildman–Crippen LogP) is -0.673. The van der Waals surface area contributed by atoms with Crippen molar-refractivity contribution in [3.63, 3.8) is 0 Å². The Balaban J connectivity index is 2.33. The summed E-state index contributed by atoms with van der Waals surface area (Å²) in [6, 6.07) is 5.13. The van der Waals surface area contributed by atoms with Gasteiger partial charge in [0.05, 0.1) is 0 Å². The average Bonchev–Trinajstić information content (AvgIpc) is 2.70. The second-order valence-corrected chi connectivity index (χ2v) is 5.78. The molecular weight excluding hydrogens is 352 g/mol. The maximum absolute atomic E-state index is 12.2. The van der Waals surface area contributed by atoms with Gasteiger partial charge in [-0.15, -0.1) is 0 Å². The minimum Gasteiger partial charge on any atom is -0.455 e. The Bertz CT molecular complexity index is 480. The van der Waals surface area contributed by atoms with E-state index in [9.17, 15) is 4.79 Å². The number of ether oxygens (including phenoxy) is 1. The van der Waals surface area contributed by atoms with Crippen molar-refractivity contribution < 1.29 is 19.7 Å². The van der Waals surface area contributed by atoms with Crippen LogP contribution in [0, 0.1) is 0 Å². The average molecular weight is 384 g/mol. The molecule has 0 saturated heterocycles. The van der Waals surface area contributed by atoms with Crippen LogP contribution < -0.4 is 26.8 Å². The summed E-state index contributed by atoms with van der Waals surface area (Å²) in [6.45, 7) is 7.00. The molecule has 0 fully saturated rings. The molecule has 0 amide bonds. The molecule has 154 valence electrons. The number of hydrazine groups is 1. The van der Waals surface area contributed by atoms with Gasteiger partial charge in [-0.1, -0.05) is 13.0 Å². The molecule has 1 unspecified atom stereocenters. The van der Waals surface area contributed by atoms with E-state index in [1.54, 1.807) is 24.4 Å². The van der Waals surface area contributed by atoms with E-state index < -0.39 is 5.97 Å². The molecule has 0 radical (unpaired) electrons. The smallest absolute Gasteiger partial charge is 0.357 e. The molecule has 1 aromatic rings. The fourth-order valence-electron chi connectivity index (χ4n) is 2.14. The molecule has 10 nitrogen and oxygen atoms in total. The van der Waals surface area contributed by atoms with Crippen LogP contribution in [0.3, 0.4) is 0 Å². The number of hydrogen-bond donors (Lipinski definition) is 6. The lowest BCUT2D eigenvalue weighted by atomic mass is 10.3. The molecule has 1 aromatic heterocycles. The van der Waals surface area contributed by atoms with E-state index in [1.807, 2.05) is 0 Å². The monoisotopic (exact) mass is 384 g/mol. The quantitative estimate of drug-likeness (QED) is 0.0676. The fourth-order valence-corrected chi connectivity index (χ4v) is 2.14. The van der Waals surface area contributed by atoms with E-state index in [-0.39, 0.29) is 18.5 Å². The van der Waals surface area contributed by atoms with Gasteiger partial charge in [0.2, 0.25) is 0 Å². The molecule has 10 heteroatoms. The van der Waals surface area contributed by atoms with E-state index in [2.05, 4.69) is 43.6 Å². The highest BCUT2D eigenvalue weighted by atomic mass is 17.1. The summed E-state index contributed by atoms with van der Waals surface area (Å²) in [4.78, 5) is 20.1. The maximum Gasteiger partial charge on any atom is 0.357 e. The van der Waals surface area contributed by atoms with Crippen LogP contribution >= 0.6 is 0 Å². The fraction of sp³-hybridized carbons (Fsp3) is 0.647. The number of esters is 1. The lowest BCUT2D eigenvalue weighted by molar-refractivity contribution is -0.247. The standard InChI is InChI=1S/C17H32N6O4/c1-2-6-18-8-9-19-12-15(13-23-22-11-10-20-14-26-25)27-17(24)16-5-3-4-7-21-16/h3-5,7,15,18-20,22-23,25H,2,6,8-14H2,1H3. The van der Waals surface area contributed by atoms with Crippen molar-refractivity contribution in [2.24, 2.45) is 0 Å². The summed E-state index contributed by atoms with van der Waals surface area (Å²) in [5.41, 5.74) is 6.33. The van der Waals surface area contributed by atoms with Crippen molar-refractivity contribution >= 4 is 5.97 Å². The van der Waals surface area contributed by atoms with Gasteiger partial charge in [0.1, 0.15) is 18.5 Å². The molecular formula is C17H32N6O4. The number of carbonyl (C=O) groups is 1. The Morgan fingerprint density at radius 2 is 1.89 bits per heavy atom. The SMILES string of the molecule is CCCNCCNCC(CNNCCNCOO)OC(=O)c1ccccn1. The molecule has 0 aliphatic rings. The van der Waals surface area contributed by atoms with Crippen molar-refractivity contribution in [3.05, 3.63) is 30.1 Å². The third kappa shape index (κ3) is 12.4. The Morgan fingerprint density at radius 1 is 1.07 bits per heavy atom. The van der Waals surface area contributed by atoms with Crippen molar-refractivity contribution in [2.75, 3.05) is 52.5 Å². The van der Waals surface area contributed by atoms with Gasteiger partial charge >= 0.3 is 5.97 Å². The van der Waals surface area contributed by atoms with Crippen molar-refractivity contribution in [3.8, 4) is 0 Å². The molecule has 27 heavy (non-hydrogen) atoms. The summed E-state index contributed by atoms with van der Waals surface area (Å²) in [5.74, 6) is -0.449. The summed E-state index contributed by atoms with van der Waals surface area (Å²) in [6.07, 6.45) is 2.30. The third-order valence-electron chi connectivity index (χ3n) is 3.47. The van der Waals surface area contributed by atoms with Crippen LogP contribution in [-0.2, 0) is 9.62 Å². The van der Waals surface area contributed by atoms with Crippen LogP contribution in [0.2, 0.25) is 0 Å². The van der Waals surface area contributed by atoms with Gasteiger partial charge in [-0.25, -0.2) is 14.7 Å². The van der Waals surface area contributed by atoms with Crippen LogP contribution in [0.25, 0.3) is 0 Å². The second kappa shape index (κ2) is 16.5. The third-order valence-corrected chi connectivity index (χ3v) is 3.47. The van der Waals surface area contributed by atoms with Crippen molar-refractivity contribution in [2.45, 2.75) is 19.4 Å². The zero-order valence-electron chi connectivity index (χ0n) is 15.9. The molecule has 1 atom stereocenters. The lowest BCUT2D eigenvalue weighted by Gasteiger charge is -2.19. The topological polar surface area (TPSA) is 129 Å². The highest BCUT2D eigenvalue weighted by molar-refractivity contribution is 5.87. The minimum absolute atomic E-state index is 0.0714. The molecule has 1 heterocycles. The van der Waals surface area contributed by atoms with E-state index in [4.69, 9.17) is 9.99 Å². The van der Waals surface area contributed by atoms with Gasteiger partial charge in [0, 0.05) is 45.5 Å². The number of carbonyl (C=O) groups excluding carboxylic acids is 1. The molecule has 0 aliphatic heterocycles. The summed E-state index contributed by atoms with van der Waals surface area (Å²) in [5, 5.41) is 17.6. The first-order valence-corrected chi connectivity index (χ1v) is 9.24. The molecule has 0 aromatic carbocycles. The summed E-state index contributed by atoms with van der Waals surface area (Å²) in [7, 11) is 0. The predicted molar refractivity (Wildman–Crippen MR) is 102 cm³/mol. The van der Waals surface area contributed by atoms with Gasteiger partial charge in [-0.3, -0.25) is 21.4 Å².